The van der Waals surface area contributed by atoms with Gasteiger partial charge in [0.2, 0.25) is 0 Å². The second-order valence-electron chi connectivity index (χ2n) is 3.79. The van der Waals surface area contributed by atoms with Gasteiger partial charge >= 0.3 is 5.97 Å². The van der Waals surface area contributed by atoms with Crippen molar-refractivity contribution in [2.75, 3.05) is 12.3 Å². The van der Waals surface area contributed by atoms with Crippen LogP contribution in [0.1, 0.15) is 6.92 Å². The molecule has 0 fully saturated rings. The maximum atomic E-state index is 11.9. The van der Waals surface area contributed by atoms with E-state index < -0.39 is 21.8 Å². The molecule has 18 heavy (non-hydrogen) atoms. The molecule has 1 unspecified atom stereocenters. The lowest BCUT2D eigenvalue weighted by molar-refractivity contribution is -0.138. The van der Waals surface area contributed by atoms with Crippen LogP contribution in [0, 0.1) is 0 Å². The summed E-state index contributed by atoms with van der Waals surface area (Å²) in [5, 5.41) is 11.7. The molecule has 1 aromatic carbocycles. The van der Waals surface area contributed by atoms with Gasteiger partial charge in [-0.2, -0.15) is 0 Å². The van der Waals surface area contributed by atoms with Gasteiger partial charge < -0.3 is 10.4 Å². The Balaban J connectivity index is 2.60. The topological polar surface area (TPSA) is 83.5 Å². The summed E-state index contributed by atoms with van der Waals surface area (Å²) in [7, 11) is -3.41. The second-order valence-corrected chi connectivity index (χ2v) is 6.33. The summed E-state index contributed by atoms with van der Waals surface area (Å²) in [5.74, 6) is -1.18. The van der Waals surface area contributed by atoms with Crippen LogP contribution in [-0.2, 0) is 14.6 Å². The van der Waals surface area contributed by atoms with Crippen LogP contribution in [0.25, 0.3) is 0 Å². The second kappa shape index (κ2) is 6.17. The Labute approximate surface area is 111 Å². The number of benzene rings is 1. The number of nitrogens with one attached hydrogen (secondary N) is 1. The molecule has 0 saturated heterocycles. The van der Waals surface area contributed by atoms with Gasteiger partial charge in [0.05, 0.1) is 10.6 Å². The minimum Gasteiger partial charge on any atom is -0.480 e. The van der Waals surface area contributed by atoms with Crippen LogP contribution in [0.4, 0.5) is 0 Å². The Bertz CT molecular complexity index is 512. The summed E-state index contributed by atoms with van der Waals surface area (Å²) < 4.78 is 23.7. The highest BCUT2D eigenvalue weighted by Crippen LogP contribution is 2.15. The lowest BCUT2D eigenvalue weighted by atomic mass is 10.3. The summed E-state index contributed by atoms with van der Waals surface area (Å²) in [6.07, 6.45) is 0. The minimum absolute atomic E-state index is 0.0818. The van der Waals surface area contributed by atoms with Crippen molar-refractivity contribution in [1.82, 2.24) is 5.32 Å². The van der Waals surface area contributed by atoms with E-state index in [1.54, 1.807) is 0 Å². The van der Waals surface area contributed by atoms with Crippen molar-refractivity contribution in [1.29, 1.82) is 0 Å². The van der Waals surface area contributed by atoms with Crippen molar-refractivity contribution >= 4 is 27.4 Å². The van der Waals surface area contributed by atoms with Crippen molar-refractivity contribution in [2.45, 2.75) is 17.9 Å². The third-order valence-corrected chi connectivity index (χ3v) is 4.35. The van der Waals surface area contributed by atoms with Crippen LogP contribution in [-0.4, -0.2) is 37.8 Å². The standard InChI is InChI=1S/C11H14ClNO4S/c1-8(11(14)15)13-6-7-18(16,17)10-4-2-9(12)3-5-10/h2-5,8,13H,6-7H2,1H3,(H,14,15). The highest BCUT2D eigenvalue weighted by molar-refractivity contribution is 7.91. The molecule has 1 rings (SSSR count). The fourth-order valence-electron chi connectivity index (χ4n) is 1.26. The summed E-state index contributed by atoms with van der Waals surface area (Å²) >= 11 is 5.67. The number of carboxylic acids is 1. The number of sulfone groups is 1. The molecule has 100 valence electrons. The van der Waals surface area contributed by atoms with E-state index in [1.165, 1.54) is 31.2 Å². The zero-order valence-electron chi connectivity index (χ0n) is 9.76. The summed E-state index contributed by atoms with van der Waals surface area (Å²) in [4.78, 5) is 10.7. The van der Waals surface area contributed by atoms with Crippen LogP contribution in [0.15, 0.2) is 29.2 Å². The van der Waals surface area contributed by atoms with Gasteiger partial charge in [-0.25, -0.2) is 8.42 Å². The maximum Gasteiger partial charge on any atom is 0.320 e. The third kappa shape index (κ3) is 4.29. The molecular formula is C11H14ClNO4S. The normalized spacial score (nSPS) is 13.2. The van der Waals surface area contributed by atoms with E-state index in [9.17, 15) is 13.2 Å². The highest BCUT2D eigenvalue weighted by atomic mass is 35.5. The van der Waals surface area contributed by atoms with E-state index in [2.05, 4.69) is 5.32 Å². The predicted octanol–water partition coefficient (Wildman–Crippen LogP) is 1.18. The number of halogens is 1. The van der Waals surface area contributed by atoms with E-state index >= 15 is 0 Å². The number of hydrogen-bond donors (Lipinski definition) is 2. The largest absolute Gasteiger partial charge is 0.480 e. The Kier molecular flexibility index (Phi) is 5.13. The molecule has 0 heterocycles. The van der Waals surface area contributed by atoms with E-state index in [1.807, 2.05) is 0 Å². The first-order chi connectivity index (χ1) is 8.33. The van der Waals surface area contributed by atoms with Crippen LogP contribution in [0.3, 0.4) is 0 Å². The molecule has 0 aliphatic heterocycles. The molecular weight excluding hydrogens is 278 g/mol. The summed E-state index contributed by atoms with van der Waals surface area (Å²) in [6, 6.07) is 5.09. The van der Waals surface area contributed by atoms with E-state index in [0.717, 1.165) is 0 Å². The van der Waals surface area contributed by atoms with Gasteiger partial charge in [0.1, 0.15) is 6.04 Å². The number of rotatable bonds is 6. The van der Waals surface area contributed by atoms with Gasteiger partial charge in [0.25, 0.3) is 0 Å². The molecule has 0 aromatic heterocycles. The zero-order valence-corrected chi connectivity index (χ0v) is 11.3. The molecule has 0 amide bonds. The first kappa shape index (κ1) is 14.9. The fraction of sp³-hybridized carbons (Fsp3) is 0.364. The fourth-order valence-corrected chi connectivity index (χ4v) is 2.56. The molecule has 0 spiro atoms. The summed E-state index contributed by atoms with van der Waals surface area (Å²) in [6.45, 7) is 1.54. The maximum absolute atomic E-state index is 11.9. The third-order valence-electron chi connectivity index (χ3n) is 2.36. The minimum atomic E-state index is -3.41. The van der Waals surface area contributed by atoms with Gasteiger partial charge in [0, 0.05) is 11.6 Å². The quantitative estimate of drug-likeness (QED) is 0.822. The Morgan fingerprint density at radius 1 is 1.39 bits per heavy atom. The van der Waals surface area contributed by atoms with Gasteiger partial charge in [0.15, 0.2) is 9.84 Å². The van der Waals surface area contributed by atoms with Crippen molar-refractivity contribution in [3.63, 3.8) is 0 Å². The lowest BCUT2D eigenvalue weighted by Crippen LogP contribution is -2.36. The molecule has 0 aliphatic carbocycles. The first-order valence-electron chi connectivity index (χ1n) is 5.27. The summed E-state index contributed by atoms with van der Waals surface area (Å²) in [5.41, 5.74) is 0. The molecule has 0 aliphatic rings. The van der Waals surface area contributed by atoms with E-state index in [-0.39, 0.29) is 17.2 Å². The molecule has 1 atom stereocenters. The number of hydrogen-bond acceptors (Lipinski definition) is 4. The molecule has 0 saturated carbocycles. The number of carboxylic acid groups (broad SMARTS) is 1. The van der Waals surface area contributed by atoms with Crippen LogP contribution < -0.4 is 5.32 Å². The van der Waals surface area contributed by atoms with Gasteiger partial charge in [-0.1, -0.05) is 11.6 Å². The first-order valence-corrected chi connectivity index (χ1v) is 7.30. The highest BCUT2D eigenvalue weighted by Gasteiger charge is 2.16. The van der Waals surface area contributed by atoms with Crippen LogP contribution in [0.5, 0.6) is 0 Å². The van der Waals surface area contributed by atoms with Crippen molar-refractivity contribution in [3.8, 4) is 0 Å². The average molecular weight is 292 g/mol. The van der Waals surface area contributed by atoms with Crippen molar-refractivity contribution in [2.24, 2.45) is 0 Å². The smallest absolute Gasteiger partial charge is 0.320 e. The van der Waals surface area contributed by atoms with Crippen molar-refractivity contribution in [3.05, 3.63) is 29.3 Å². The van der Waals surface area contributed by atoms with Crippen molar-refractivity contribution < 1.29 is 18.3 Å². The van der Waals surface area contributed by atoms with Gasteiger partial charge in [-0.15, -0.1) is 0 Å². The van der Waals surface area contributed by atoms with E-state index in [4.69, 9.17) is 16.7 Å². The monoisotopic (exact) mass is 291 g/mol. The average Bonchev–Trinajstić information content (AvgIpc) is 2.29. The Hall–Kier alpha value is -1.11. The van der Waals surface area contributed by atoms with Crippen LogP contribution >= 0.6 is 11.6 Å². The molecule has 1 aromatic rings. The Morgan fingerprint density at radius 2 is 1.94 bits per heavy atom. The number of aliphatic carboxylic acids is 1. The zero-order chi connectivity index (χ0) is 13.8. The molecule has 0 bridgehead atoms. The molecule has 5 nitrogen and oxygen atoms in total. The number of carbonyl (C=O) groups is 1. The molecule has 7 heteroatoms. The predicted molar refractivity (Wildman–Crippen MR) is 68.6 cm³/mol. The van der Waals surface area contributed by atoms with Crippen LogP contribution in [0.2, 0.25) is 5.02 Å². The molecule has 0 radical (unpaired) electrons. The SMILES string of the molecule is CC(NCCS(=O)(=O)c1ccc(Cl)cc1)C(=O)O. The lowest BCUT2D eigenvalue weighted by Gasteiger charge is -2.09. The Morgan fingerprint density at radius 3 is 2.44 bits per heavy atom. The van der Waals surface area contributed by atoms with Gasteiger partial charge in [-0.05, 0) is 31.2 Å². The van der Waals surface area contributed by atoms with E-state index in [0.29, 0.717) is 5.02 Å². The van der Waals surface area contributed by atoms with Gasteiger partial charge in [-0.3, -0.25) is 4.79 Å². The molecule has 2 N–H and O–H groups in total.